The molecule has 5 heteroatoms. The monoisotopic (exact) mass is 396 g/mol. The first-order valence-corrected chi connectivity index (χ1v) is 9.67. The summed E-state index contributed by atoms with van der Waals surface area (Å²) in [6.45, 7) is 7.64. The highest BCUT2D eigenvalue weighted by Gasteiger charge is 2.22. The van der Waals surface area contributed by atoms with Gasteiger partial charge in [-0.3, -0.25) is 0 Å². The van der Waals surface area contributed by atoms with Gasteiger partial charge in [-0.25, -0.2) is 4.79 Å². The standard InChI is InChI=1S/C23H25ClN2O2/c1-15-7-6-8-18(11-15)14-26-16(2)20(22(17(26)3)23(27)28)13-25-12-19-9-4-5-10-21(19)24/h4-11,25H,12-14H2,1-3H3,(H,27,28). The predicted octanol–water partition coefficient (Wildman–Crippen LogP) is 5.10. The lowest BCUT2D eigenvalue weighted by atomic mass is 10.1. The number of hydrogen-bond donors (Lipinski definition) is 2. The highest BCUT2D eigenvalue weighted by molar-refractivity contribution is 6.31. The van der Waals surface area contributed by atoms with Crippen molar-refractivity contribution in [1.29, 1.82) is 0 Å². The van der Waals surface area contributed by atoms with Gasteiger partial charge in [0.05, 0.1) is 5.56 Å². The van der Waals surface area contributed by atoms with E-state index in [0.29, 0.717) is 30.2 Å². The Hall–Kier alpha value is -2.56. The van der Waals surface area contributed by atoms with Crippen molar-refractivity contribution in [2.75, 3.05) is 0 Å². The summed E-state index contributed by atoms with van der Waals surface area (Å²) in [5, 5.41) is 13.8. The van der Waals surface area contributed by atoms with Gasteiger partial charge in [0.25, 0.3) is 0 Å². The number of carboxylic acids is 1. The van der Waals surface area contributed by atoms with Gasteiger partial charge >= 0.3 is 5.97 Å². The molecule has 0 bridgehead atoms. The van der Waals surface area contributed by atoms with Crippen LogP contribution >= 0.6 is 11.6 Å². The highest BCUT2D eigenvalue weighted by Crippen LogP contribution is 2.24. The number of carboxylic acid groups (broad SMARTS) is 1. The third kappa shape index (κ3) is 4.29. The van der Waals surface area contributed by atoms with Crippen LogP contribution in [0, 0.1) is 20.8 Å². The Balaban J connectivity index is 1.86. The Kier molecular flexibility index (Phi) is 6.22. The summed E-state index contributed by atoms with van der Waals surface area (Å²) in [5.74, 6) is -0.891. The fourth-order valence-corrected chi connectivity index (χ4v) is 3.85. The first kappa shape index (κ1) is 20.2. The number of halogens is 1. The summed E-state index contributed by atoms with van der Waals surface area (Å²) < 4.78 is 2.09. The van der Waals surface area contributed by atoms with Gasteiger partial charge in [-0.2, -0.15) is 0 Å². The third-order valence-corrected chi connectivity index (χ3v) is 5.49. The van der Waals surface area contributed by atoms with Gasteiger partial charge in [-0.1, -0.05) is 59.6 Å². The molecular weight excluding hydrogens is 372 g/mol. The van der Waals surface area contributed by atoms with Crippen LogP contribution in [0.25, 0.3) is 0 Å². The topological polar surface area (TPSA) is 54.3 Å². The van der Waals surface area contributed by atoms with Crippen LogP contribution in [0.1, 0.15) is 44.0 Å². The third-order valence-electron chi connectivity index (χ3n) is 5.12. The van der Waals surface area contributed by atoms with Crippen molar-refractivity contribution >= 4 is 17.6 Å². The molecule has 0 fully saturated rings. The molecule has 0 unspecified atom stereocenters. The maximum atomic E-state index is 11.9. The van der Waals surface area contributed by atoms with Gasteiger partial charge in [0.1, 0.15) is 0 Å². The summed E-state index contributed by atoms with van der Waals surface area (Å²) in [7, 11) is 0. The zero-order valence-corrected chi connectivity index (χ0v) is 17.2. The highest BCUT2D eigenvalue weighted by atomic mass is 35.5. The minimum Gasteiger partial charge on any atom is -0.478 e. The molecule has 0 amide bonds. The smallest absolute Gasteiger partial charge is 0.337 e. The van der Waals surface area contributed by atoms with Gasteiger partial charge in [-0.05, 0) is 38.0 Å². The van der Waals surface area contributed by atoms with Crippen molar-refractivity contribution < 1.29 is 9.90 Å². The molecule has 2 N–H and O–H groups in total. The number of aromatic carboxylic acids is 1. The molecular formula is C23H25ClN2O2. The number of carbonyl (C=O) groups is 1. The average Bonchev–Trinajstić information content (AvgIpc) is 2.88. The van der Waals surface area contributed by atoms with Crippen LogP contribution in [0.2, 0.25) is 5.02 Å². The summed E-state index contributed by atoms with van der Waals surface area (Å²) in [5.41, 5.74) is 6.31. The second-order valence-electron chi connectivity index (χ2n) is 7.10. The Labute approximate surface area is 170 Å². The Morgan fingerprint density at radius 1 is 1.04 bits per heavy atom. The van der Waals surface area contributed by atoms with E-state index in [9.17, 15) is 9.90 Å². The normalized spacial score (nSPS) is 11.0. The van der Waals surface area contributed by atoms with Crippen LogP contribution < -0.4 is 5.32 Å². The van der Waals surface area contributed by atoms with E-state index in [1.54, 1.807) is 0 Å². The maximum absolute atomic E-state index is 11.9. The van der Waals surface area contributed by atoms with E-state index < -0.39 is 5.97 Å². The summed E-state index contributed by atoms with van der Waals surface area (Å²) in [6, 6.07) is 16.0. The number of aryl methyl sites for hydroxylation is 1. The molecule has 0 saturated carbocycles. The van der Waals surface area contributed by atoms with E-state index in [2.05, 4.69) is 35.0 Å². The number of nitrogens with zero attached hydrogens (tertiary/aromatic N) is 1. The molecule has 3 rings (SSSR count). The molecule has 4 nitrogen and oxygen atoms in total. The summed E-state index contributed by atoms with van der Waals surface area (Å²) >= 11 is 6.21. The first-order valence-electron chi connectivity index (χ1n) is 9.30. The lowest BCUT2D eigenvalue weighted by Gasteiger charge is -2.11. The molecule has 0 aliphatic carbocycles. The quantitative estimate of drug-likeness (QED) is 0.584. The van der Waals surface area contributed by atoms with E-state index in [0.717, 1.165) is 28.1 Å². The maximum Gasteiger partial charge on any atom is 0.337 e. The van der Waals surface area contributed by atoms with E-state index >= 15 is 0 Å². The summed E-state index contributed by atoms with van der Waals surface area (Å²) in [4.78, 5) is 11.9. The molecule has 1 heterocycles. The molecule has 0 radical (unpaired) electrons. The van der Waals surface area contributed by atoms with Gasteiger partial charge in [0.15, 0.2) is 0 Å². The van der Waals surface area contributed by atoms with Crippen molar-refractivity contribution in [3.05, 3.63) is 92.8 Å². The lowest BCUT2D eigenvalue weighted by molar-refractivity contribution is 0.0694. The fraction of sp³-hybridized carbons (Fsp3) is 0.261. The molecule has 0 atom stereocenters. The number of rotatable bonds is 7. The van der Waals surface area contributed by atoms with Crippen molar-refractivity contribution in [2.24, 2.45) is 0 Å². The number of benzene rings is 2. The molecule has 3 aromatic rings. The van der Waals surface area contributed by atoms with Gasteiger partial charge in [-0.15, -0.1) is 0 Å². The van der Waals surface area contributed by atoms with Gasteiger partial charge in [0, 0.05) is 41.6 Å². The van der Waals surface area contributed by atoms with Crippen molar-refractivity contribution in [3.8, 4) is 0 Å². The van der Waals surface area contributed by atoms with Crippen LogP contribution in [-0.4, -0.2) is 15.6 Å². The van der Waals surface area contributed by atoms with E-state index in [-0.39, 0.29) is 0 Å². The minimum atomic E-state index is -0.891. The van der Waals surface area contributed by atoms with E-state index in [1.165, 1.54) is 5.56 Å². The minimum absolute atomic E-state index is 0.386. The van der Waals surface area contributed by atoms with Gasteiger partial charge < -0.3 is 15.0 Å². The van der Waals surface area contributed by atoms with E-state index in [4.69, 9.17) is 11.6 Å². The van der Waals surface area contributed by atoms with Crippen LogP contribution in [0.3, 0.4) is 0 Å². The zero-order chi connectivity index (χ0) is 20.3. The molecule has 0 saturated heterocycles. The van der Waals surface area contributed by atoms with E-state index in [1.807, 2.05) is 44.2 Å². The Morgan fingerprint density at radius 2 is 1.79 bits per heavy atom. The molecule has 0 aliphatic rings. The molecule has 2 aromatic carbocycles. The first-order chi connectivity index (χ1) is 13.4. The van der Waals surface area contributed by atoms with Crippen LogP contribution in [-0.2, 0) is 19.6 Å². The largest absolute Gasteiger partial charge is 0.478 e. The molecule has 146 valence electrons. The summed E-state index contributed by atoms with van der Waals surface area (Å²) in [6.07, 6.45) is 0. The Morgan fingerprint density at radius 3 is 2.46 bits per heavy atom. The van der Waals surface area contributed by atoms with Crippen molar-refractivity contribution in [3.63, 3.8) is 0 Å². The van der Waals surface area contributed by atoms with Crippen molar-refractivity contribution in [2.45, 2.75) is 40.4 Å². The van der Waals surface area contributed by atoms with Crippen LogP contribution in [0.4, 0.5) is 0 Å². The second-order valence-corrected chi connectivity index (χ2v) is 7.51. The predicted molar refractivity (Wildman–Crippen MR) is 113 cm³/mol. The number of hydrogen-bond acceptors (Lipinski definition) is 2. The number of nitrogens with one attached hydrogen (secondary N) is 1. The number of aromatic nitrogens is 1. The van der Waals surface area contributed by atoms with Gasteiger partial charge in [0.2, 0.25) is 0 Å². The average molecular weight is 397 g/mol. The molecule has 0 aliphatic heterocycles. The van der Waals surface area contributed by atoms with Crippen LogP contribution in [0.15, 0.2) is 48.5 Å². The Bertz CT molecular complexity index is 1010. The molecule has 28 heavy (non-hydrogen) atoms. The lowest BCUT2D eigenvalue weighted by Crippen LogP contribution is -2.15. The molecule has 1 aromatic heterocycles. The second kappa shape index (κ2) is 8.63. The SMILES string of the molecule is Cc1cccc(Cn2c(C)c(CNCc3ccccc3Cl)c(C(=O)O)c2C)c1. The van der Waals surface area contributed by atoms with Crippen molar-refractivity contribution in [1.82, 2.24) is 9.88 Å². The fourth-order valence-electron chi connectivity index (χ4n) is 3.64. The van der Waals surface area contributed by atoms with Crippen LogP contribution in [0.5, 0.6) is 0 Å². The molecule has 0 spiro atoms. The zero-order valence-electron chi connectivity index (χ0n) is 16.4.